The summed E-state index contributed by atoms with van der Waals surface area (Å²) in [6, 6.07) is 29.4. The van der Waals surface area contributed by atoms with Crippen LogP contribution >= 0.6 is 0 Å². The van der Waals surface area contributed by atoms with Gasteiger partial charge in [-0.25, -0.2) is 0 Å². The third-order valence-electron chi connectivity index (χ3n) is 6.28. The molecule has 0 spiro atoms. The van der Waals surface area contributed by atoms with Crippen LogP contribution in [0.25, 0.3) is 27.5 Å². The number of benzene rings is 4. The first-order valence-electron chi connectivity index (χ1n) is 9.72. The van der Waals surface area contributed by atoms with Gasteiger partial charge in [-0.15, -0.1) is 0 Å². The number of aromatic nitrogens is 1. The SMILES string of the molecule is N#Cc1ccc2c3cccc4c3n(c2c1)-c1cccc2c1B4c1ccccc1O2. The molecule has 0 saturated carbocycles. The second-order valence-corrected chi connectivity index (χ2v) is 7.68. The molecule has 0 aliphatic carbocycles. The molecule has 132 valence electrons. The van der Waals surface area contributed by atoms with Crippen LogP contribution in [-0.4, -0.2) is 11.3 Å². The second kappa shape index (κ2) is 5.09. The van der Waals surface area contributed by atoms with Crippen LogP contribution in [0.5, 0.6) is 11.5 Å². The molecular formula is C25H13BN2O. The molecule has 0 N–H and O–H groups in total. The van der Waals surface area contributed by atoms with Gasteiger partial charge in [0.25, 0.3) is 6.71 Å². The van der Waals surface area contributed by atoms with Crippen LogP contribution in [0.1, 0.15) is 5.56 Å². The Hall–Kier alpha value is -3.97. The predicted octanol–water partition coefficient (Wildman–Crippen LogP) is 3.59. The minimum absolute atomic E-state index is 0.141. The Bertz CT molecular complexity index is 1560. The van der Waals surface area contributed by atoms with Crippen molar-refractivity contribution in [2.45, 2.75) is 0 Å². The van der Waals surface area contributed by atoms with Crippen molar-refractivity contribution in [3.05, 3.63) is 84.4 Å². The van der Waals surface area contributed by atoms with Crippen molar-refractivity contribution in [3.8, 4) is 23.3 Å². The van der Waals surface area contributed by atoms with Gasteiger partial charge in [0, 0.05) is 22.0 Å². The summed E-state index contributed by atoms with van der Waals surface area (Å²) in [5, 5.41) is 11.9. The summed E-state index contributed by atoms with van der Waals surface area (Å²) in [4.78, 5) is 0. The van der Waals surface area contributed by atoms with Gasteiger partial charge < -0.3 is 9.30 Å². The van der Waals surface area contributed by atoms with E-state index in [2.05, 4.69) is 71.3 Å². The molecule has 4 heteroatoms. The average molecular weight is 368 g/mol. The Morgan fingerprint density at radius 2 is 1.62 bits per heavy atom. The highest BCUT2D eigenvalue weighted by Crippen LogP contribution is 2.37. The average Bonchev–Trinajstić information content (AvgIpc) is 3.11. The van der Waals surface area contributed by atoms with Gasteiger partial charge in [-0.3, -0.25) is 0 Å². The zero-order valence-electron chi connectivity index (χ0n) is 15.4. The van der Waals surface area contributed by atoms with Crippen molar-refractivity contribution in [2.75, 3.05) is 0 Å². The molecule has 0 saturated heterocycles. The molecule has 0 atom stereocenters. The fourth-order valence-electron chi connectivity index (χ4n) is 5.16. The maximum atomic E-state index is 9.46. The van der Waals surface area contributed by atoms with E-state index in [1.54, 1.807) is 0 Å². The van der Waals surface area contributed by atoms with Gasteiger partial charge >= 0.3 is 0 Å². The minimum Gasteiger partial charge on any atom is -0.458 e. The minimum atomic E-state index is 0.141. The summed E-state index contributed by atoms with van der Waals surface area (Å²) in [6.45, 7) is 0.141. The number of para-hydroxylation sites is 2. The van der Waals surface area contributed by atoms with Crippen LogP contribution in [0.4, 0.5) is 0 Å². The maximum Gasteiger partial charge on any atom is 0.256 e. The normalized spacial score (nSPS) is 13.0. The van der Waals surface area contributed by atoms with E-state index in [0.717, 1.165) is 22.7 Å². The standard InChI is InChI=1S/C25H13BN2O/c27-14-15-11-12-16-17-5-3-7-19-25(17)28(21(16)13-15)20-8-4-10-23-24(20)26(19)18-6-1-2-9-22(18)29-23/h1-13H. The summed E-state index contributed by atoms with van der Waals surface area (Å²) in [7, 11) is 0. The number of hydrogen-bond donors (Lipinski definition) is 0. The second-order valence-electron chi connectivity index (χ2n) is 7.68. The monoisotopic (exact) mass is 368 g/mol. The lowest BCUT2D eigenvalue weighted by Gasteiger charge is -2.33. The molecule has 29 heavy (non-hydrogen) atoms. The molecule has 5 aromatic rings. The van der Waals surface area contributed by atoms with Crippen molar-refractivity contribution in [1.82, 2.24) is 4.57 Å². The van der Waals surface area contributed by atoms with Gasteiger partial charge in [0.1, 0.15) is 11.5 Å². The van der Waals surface area contributed by atoms with E-state index in [4.69, 9.17) is 4.74 Å². The molecule has 0 fully saturated rings. The smallest absolute Gasteiger partial charge is 0.256 e. The van der Waals surface area contributed by atoms with Gasteiger partial charge in [-0.1, -0.05) is 48.5 Å². The number of nitriles is 1. The molecule has 2 aliphatic rings. The van der Waals surface area contributed by atoms with Crippen LogP contribution in [0.15, 0.2) is 78.9 Å². The van der Waals surface area contributed by atoms with Crippen molar-refractivity contribution in [3.63, 3.8) is 0 Å². The highest BCUT2D eigenvalue weighted by molar-refractivity contribution is 6.99. The Morgan fingerprint density at radius 1 is 0.793 bits per heavy atom. The van der Waals surface area contributed by atoms with E-state index in [0.29, 0.717) is 5.56 Å². The fourth-order valence-corrected chi connectivity index (χ4v) is 5.16. The van der Waals surface area contributed by atoms with Crippen molar-refractivity contribution in [1.29, 1.82) is 5.26 Å². The molecular weight excluding hydrogens is 355 g/mol. The molecule has 3 heterocycles. The van der Waals surface area contributed by atoms with Gasteiger partial charge in [-0.05, 0) is 46.7 Å². The van der Waals surface area contributed by atoms with E-state index in [1.807, 2.05) is 18.2 Å². The van der Waals surface area contributed by atoms with Crippen molar-refractivity contribution in [2.24, 2.45) is 0 Å². The number of ether oxygens (including phenoxy) is 1. The summed E-state index contributed by atoms with van der Waals surface area (Å²) in [5.41, 5.74) is 7.79. The lowest BCUT2D eigenvalue weighted by Crippen LogP contribution is -2.58. The molecule has 4 aromatic carbocycles. The van der Waals surface area contributed by atoms with Crippen LogP contribution < -0.4 is 21.1 Å². The lowest BCUT2D eigenvalue weighted by molar-refractivity contribution is 0.487. The third-order valence-corrected chi connectivity index (χ3v) is 6.28. The molecule has 7 rings (SSSR count). The fraction of sp³-hybridized carbons (Fsp3) is 0. The van der Waals surface area contributed by atoms with Gasteiger partial charge in [0.15, 0.2) is 0 Å². The Balaban J connectivity index is 1.73. The Labute approximate surface area is 167 Å². The predicted molar refractivity (Wildman–Crippen MR) is 117 cm³/mol. The first kappa shape index (κ1) is 15.0. The molecule has 0 unspecified atom stereocenters. The van der Waals surface area contributed by atoms with Crippen molar-refractivity contribution < 1.29 is 4.74 Å². The summed E-state index contributed by atoms with van der Waals surface area (Å²) in [5.74, 6) is 1.84. The number of rotatable bonds is 0. The van der Waals surface area contributed by atoms with E-state index in [1.165, 1.54) is 32.7 Å². The van der Waals surface area contributed by atoms with Gasteiger partial charge in [0.2, 0.25) is 0 Å². The molecule has 2 aliphatic heterocycles. The zero-order chi connectivity index (χ0) is 19.1. The first-order valence-corrected chi connectivity index (χ1v) is 9.72. The highest BCUT2D eigenvalue weighted by atomic mass is 16.5. The summed E-state index contributed by atoms with van der Waals surface area (Å²) >= 11 is 0. The first-order chi connectivity index (χ1) is 14.3. The van der Waals surface area contributed by atoms with E-state index in [-0.39, 0.29) is 6.71 Å². The largest absolute Gasteiger partial charge is 0.458 e. The lowest BCUT2D eigenvalue weighted by atomic mass is 9.34. The van der Waals surface area contributed by atoms with Gasteiger partial charge in [-0.2, -0.15) is 5.26 Å². The van der Waals surface area contributed by atoms with E-state index < -0.39 is 0 Å². The molecule has 0 radical (unpaired) electrons. The highest BCUT2D eigenvalue weighted by Gasteiger charge is 2.39. The molecule has 0 amide bonds. The number of fused-ring (bicyclic) bond motifs is 7. The topological polar surface area (TPSA) is 38.0 Å². The van der Waals surface area contributed by atoms with E-state index >= 15 is 0 Å². The van der Waals surface area contributed by atoms with E-state index in [9.17, 15) is 5.26 Å². The Morgan fingerprint density at radius 3 is 2.55 bits per heavy atom. The van der Waals surface area contributed by atoms with Crippen molar-refractivity contribution >= 4 is 44.9 Å². The van der Waals surface area contributed by atoms with Crippen LogP contribution in [-0.2, 0) is 0 Å². The van der Waals surface area contributed by atoms with Gasteiger partial charge in [0.05, 0.1) is 17.1 Å². The summed E-state index contributed by atoms with van der Waals surface area (Å²) in [6.07, 6.45) is 0. The number of hydrogen-bond acceptors (Lipinski definition) is 2. The maximum absolute atomic E-state index is 9.46. The Kier molecular flexibility index (Phi) is 2.64. The molecule has 3 nitrogen and oxygen atoms in total. The zero-order valence-corrected chi connectivity index (χ0v) is 15.4. The molecule has 0 bridgehead atoms. The third kappa shape index (κ3) is 1.73. The quantitative estimate of drug-likeness (QED) is 0.384. The van der Waals surface area contributed by atoms with Crippen LogP contribution in [0.2, 0.25) is 0 Å². The van der Waals surface area contributed by atoms with Crippen LogP contribution in [0, 0.1) is 11.3 Å². The molecule has 1 aromatic heterocycles. The number of nitrogens with zero attached hydrogens (tertiary/aromatic N) is 2. The summed E-state index contributed by atoms with van der Waals surface area (Å²) < 4.78 is 8.62. The van der Waals surface area contributed by atoms with Crippen LogP contribution in [0.3, 0.4) is 0 Å².